The standard InChI is InChI=1S/C23H20ClF3N2O3S2/c1-34(31,32)29(21-13-17(23(25,26)27)9-12-20(21)24)14-22(30)28-18-10-7-16(8-11-18)15-33-19-5-3-2-4-6-19/h2-13H,14-15H2,1H3,(H,28,30). The van der Waals surface area contributed by atoms with Crippen molar-refractivity contribution in [2.24, 2.45) is 0 Å². The van der Waals surface area contributed by atoms with Crippen molar-refractivity contribution >= 4 is 50.7 Å². The van der Waals surface area contributed by atoms with E-state index in [4.69, 9.17) is 11.6 Å². The summed E-state index contributed by atoms with van der Waals surface area (Å²) in [7, 11) is -4.11. The lowest BCUT2D eigenvalue weighted by Gasteiger charge is -2.24. The van der Waals surface area contributed by atoms with E-state index in [9.17, 15) is 26.4 Å². The lowest BCUT2D eigenvalue weighted by atomic mass is 10.2. The fourth-order valence-corrected chi connectivity index (χ4v) is 4.96. The molecule has 0 heterocycles. The summed E-state index contributed by atoms with van der Waals surface area (Å²) in [5, 5.41) is 2.33. The molecule has 3 aromatic carbocycles. The van der Waals surface area contributed by atoms with Crippen molar-refractivity contribution in [2.45, 2.75) is 16.8 Å². The Bertz CT molecular complexity index is 1250. The number of carbonyl (C=O) groups excluding carboxylic acids is 1. The van der Waals surface area contributed by atoms with Crippen LogP contribution in [0.1, 0.15) is 11.1 Å². The number of benzene rings is 3. The molecule has 0 aliphatic rings. The van der Waals surface area contributed by atoms with Crippen molar-refractivity contribution in [1.29, 1.82) is 0 Å². The normalized spacial score (nSPS) is 11.8. The number of thioether (sulfide) groups is 1. The van der Waals surface area contributed by atoms with Gasteiger partial charge in [-0.15, -0.1) is 11.8 Å². The molecule has 34 heavy (non-hydrogen) atoms. The zero-order valence-electron chi connectivity index (χ0n) is 17.8. The number of hydrogen-bond acceptors (Lipinski definition) is 4. The minimum Gasteiger partial charge on any atom is -0.325 e. The van der Waals surface area contributed by atoms with Crippen LogP contribution in [-0.4, -0.2) is 27.1 Å². The van der Waals surface area contributed by atoms with Gasteiger partial charge in [0.25, 0.3) is 0 Å². The molecule has 0 atom stereocenters. The summed E-state index contributed by atoms with van der Waals surface area (Å²) in [5.41, 5.74) is -0.0743. The highest BCUT2D eigenvalue weighted by Crippen LogP contribution is 2.36. The molecule has 0 radical (unpaired) electrons. The number of carbonyl (C=O) groups is 1. The van der Waals surface area contributed by atoms with Crippen molar-refractivity contribution < 1.29 is 26.4 Å². The van der Waals surface area contributed by atoms with Gasteiger partial charge in [-0.25, -0.2) is 8.42 Å². The van der Waals surface area contributed by atoms with Crippen LogP contribution < -0.4 is 9.62 Å². The number of rotatable bonds is 8. The Hall–Kier alpha value is -2.69. The first kappa shape index (κ1) is 25.9. The van der Waals surface area contributed by atoms with Crippen LogP contribution in [0.5, 0.6) is 0 Å². The molecule has 3 aromatic rings. The number of amides is 1. The van der Waals surface area contributed by atoms with Crippen molar-refractivity contribution in [2.75, 3.05) is 22.4 Å². The van der Waals surface area contributed by atoms with Crippen molar-refractivity contribution in [3.8, 4) is 0 Å². The third kappa shape index (κ3) is 7.15. The summed E-state index contributed by atoms with van der Waals surface area (Å²) in [6.45, 7) is -0.745. The minimum atomic E-state index is -4.70. The van der Waals surface area contributed by atoms with E-state index in [-0.39, 0.29) is 5.02 Å². The summed E-state index contributed by atoms with van der Waals surface area (Å²) >= 11 is 7.63. The van der Waals surface area contributed by atoms with Gasteiger partial charge in [0.15, 0.2) is 0 Å². The van der Waals surface area contributed by atoms with Crippen molar-refractivity contribution in [1.82, 2.24) is 0 Å². The van der Waals surface area contributed by atoms with Crippen LogP contribution in [0.25, 0.3) is 0 Å². The lowest BCUT2D eigenvalue weighted by molar-refractivity contribution is -0.137. The molecule has 0 unspecified atom stereocenters. The lowest BCUT2D eigenvalue weighted by Crippen LogP contribution is -2.37. The van der Waals surface area contributed by atoms with Crippen LogP contribution in [0.3, 0.4) is 0 Å². The van der Waals surface area contributed by atoms with E-state index in [0.29, 0.717) is 21.8 Å². The summed E-state index contributed by atoms with van der Waals surface area (Å²) in [4.78, 5) is 13.7. The Balaban J connectivity index is 1.70. The molecular formula is C23H20ClF3N2O3S2. The molecule has 0 aliphatic carbocycles. The maximum absolute atomic E-state index is 13.1. The molecule has 1 amide bonds. The quantitative estimate of drug-likeness (QED) is 0.361. The van der Waals surface area contributed by atoms with E-state index in [0.717, 1.165) is 28.8 Å². The average molecular weight is 529 g/mol. The second-order valence-corrected chi connectivity index (χ2v) is 10.6. The number of anilines is 2. The highest BCUT2D eigenvalue weighted by atomic mass is 35.5. The number of nitrogens with zero attached hydrogens (tertiary/aromatic N) is 1. The zero-order valence-corrected chi connectivity index (χ0v) is 20.2. The number of halogens is 4. The van der Waals surface area contributed by atoms with Crippen LogP contribution in [-0.2, 0) is 26.7 Å². The number of sulfonamides is 1. The number of alkyl halides is 3. The molecule has 11 heteroatoms. The first-order valence-corrected chi connectivity index (χ1v) is 13.1. The Morgan fingerprint density at radius 2 is 1.68 bits per heavy atom. The second kappa shape index (κ2) is 10.7. The smallest absolute Gasteiger partial charge is 0.325 e. The maximum Gasteiger partial charge on any atom is 0.416 e. The van der Waals surface area contributed by atoms with Gasteiger partial charge in [-0.3, -0.25) is 9.10 Å². The van der Waals surface area contributed by atoms with Gasteiger partial charge in [0.2, 0.25) is 15.9 Å². The molecule has 0 bridgehead atoms. The average Bonchev–Trinajstić information content (AvgIpc) is 2.77. The SMILES string of the molecule is CS(=O)(=O)N(CC(=O)Nc1ccc(CSc2ccccc2)cc1)c1cc(C(F)(F)F)ccc1Cl. The van der Waals surface area contributed by atoms with Crippen LogP contribution >= 0.6 is 23.4 Å². The second-order valence-electron chi connectivity index (χ2n) is 7.28. The van der Waals surface area contributed by atoms with Crippen LogP contribution in [0.4, 0.5) is 24.5 Å². The molecule has 1 N–H and O–H groups in total. The minimum absolute atomic E-state index is 0.230. The van der Waals surface area contributed by atoms with Crippen LogP contribution in [0.15, 0.2) is 77.7 Å². The van der Waals surface area contributed by atoms with E-state index in [1.807, 2.05) is 42.5 Å². The molecule has 3 rings (SSSR count). The van der Waals surface area contributed by atoms with Gasteiger partial charge >= 0.3 is 6.18 Å². The summed E-state index contributed by atoms with van der Waals surface area (Å²) in [6, 6.07) is 19.1. The van der Waals surface area contributed by atoms with E-state index >= 15 is 0 Å². The van der Waals surface area contributed by atoms with Crippen molar-refractivity contribution in [3.05, 3.63) is 88.9 Å². The molecule has 0 aliphatic heterocycles. The topological polar surface area (TPSA) is 66.5 Å². The molecule has 5 nitrogen and oxygen atoms in total. The molecule has 180 valence electrons. The predicted octanol–water partition coefficient (Wildman–Crippen LogP) is 6.06. The Labute approximate surface area is 205 Å². The van der Waals surface area contributed by atoms with E-state index in [2.05, 4.69) is 5.32 Å². The largest absolute Gasteiger partial charge is 0.416 e. The monoisotopic (exact) mass is 528 g/mol. The summed E-state index contributed by atoms with van der Waals surface area (Å²) in [5.74, 6) is -0.0148. The molecule has 0 saturated carbocycles. The van der Waals surface area contributed by atoms with Crippen LogP contribution in [0, 0.1) is 0 Å². The fourth-order valence-electron chi connectivity index (χ4n) is 2.96. The third-order valence-electron chi connectivity index (χ3n) is 4.62. The van der Waals surface area contributed by atoms with Gasteiger partial charge in [0.1, 0.15) is 6.54 Å². The number of hydrogen-bond donors (Lipinski definition) is 1. The Kier molecular flexibility index (Phi) is 8.17. The number of nitrogens with one attached hydrogen (secondary N) is 1. The van der Waals surface area contributed by atoms with E-state index in [1.165, 1.54) is 0 Å². The summed E-state index contributed by atoms with van der Waals surface area (Å²) in [6.07, 6.45) is -3.92. The van der Waals surface area contributed by atoms with Gasteiger partial charge in [-0.1, -0.05) is 41.9 Å². The van der Waals surface area contributed by atoms with Gasteiger partial charge in [-0.05, 0) is 48.0 Å². The molecule has 0 fully saturated rings. The van der Waals surface area contributed by atoms with E-state index in [1.54, 1.807) is 23.9 Å². The predicted molar refractivity (Wildman–Crippen MR) is 130 cm³/mol. The first-order chi connectivity index (χ1) is 15.9. The first-order valence-electron chi connectivity index (χ1n) is 9.84. The molecular weight excluding hydrogens is 509 g/mol. The molecule has 0 spiro atoms. The Morgan fingerprint density at radius 1 is 1.03 bits per heavy atom. The van der Waals surface area contributed by atoms with Gasteiger partial charge < -0.3 is 5.32 Å². The fraction of sp³-hybridized carbons (Fsp3) is 0.174. The summed E-state index contributed by atoms with van der Waals surface area (Å²) < 4.78 is 64.4. The zero-order chi connectivity index (χ0) is 24.9. The van der Waals surface area contributed by atoms with Gasteiger partial charge in [0, 0.05) is 16.3 Å². The highest BCUT2D eigenvalue weighted by molar-refractivity contribution is 7.98. The third-order valence-corrected chi connectivity index (χ3v) is 7.15. The Morgan fingerprint density at radius 3 is 2.26 bits per heavy atom. The van der Waals surface area contributed by atoms with Gasteiger partial charge in [-0.2, -0.15) is 13.2 Å². The molecule has 0 aromatic heterocycles. The van der Waals surface area contributed by atoms with Crippen LogP contribution in [0.2, 0.25) is 5.02 Å². The maximum atomic E-state index is 13.1. The van der Waals surface area contributed by atoms with Gasteiger partial charge in [0.05, 0.1) is 22.5 Å². The van der Waals surface area contributed by atoms with Crippen molar-refractivity contribution in [3.63, 3.8) is 0 Å². The highest BCUT2D eigenvalue weighted by Gasteiger charge is 2.33. The molecule has 0 saturated heterocycles. The van der Waals surface area contributed by atoms with E-state index < -0.39 is 39.9 Å².